The zero-order chi connectivity index (χ0) is 35.4. The molecule has 8 rings (SSSR count). The predicted molar refractivity (Wildman–Crippen MR) is 222 cm³/mol. The maximum atomic E-state index is 4.69. The zero-order valence-corrected chi connectivity index (χ0v) is 34.5. The molecule has 0 aliphatic heterocycles. The Kier molecular flexibility index (Phi) is 11.8. The Morgan fingerprint density at radius 1 is 0.635 bits per heavy atom. The second-order valence-corrected chi connectivity index (χ2v) is 20.5. The van der Waals surface area contributed by atoms with Gasteiger partial charge in [0.15, 0.2) is 0 Å². The summed E-state index contributed by atoms with van der Waals surface area (Å²) in [6, 6.07) is 53.3. The van der Waals surface area contributed by atoms with E-state index < -0.39 is 8.07 Å². The molecule has 0 atom stereocenters. The normalized spacial score (nSPS) is 11.3. The van der Waals surface area contributed by atoms with Crippen LogP contribution < -0.4 is 5.19 Å². The van der Waals surface area contributed by atoms with Gasteiger partial charge in [0.1, 0.15) is 0 Å². The molecule has 0 aliphatic carbocycles. The number of thiophene rings is 1. The fourth-order valence-corrected chi connectivity index (χ4v) is 9.57. The van der Waals surface area contributed by atoms with Crippen LogP contribution in [0.15, 0.2) is 146 Å². The van der Waals surface area contributed by atoms with Gasteiger partial charge in [0, 0.05) is 37.2 Å². The molecule has 8 aromatic rings. The molecule has 0 N–H and O–H groups in total. The maximum Gasteiger partial charge on any atom is 0.0798 e. The second-order valence-electron chi connectivity index (χ2n) is 14.4. The summed E-state index contributed by atoms with van der Waals surface area (Å²) >= 11 is 1.84. The first kappa shape index (κ1) is 37.2. The van der Waals surface area contributed by atoms with Gasteiger partial charge in [-0.2, -0.15) is 11.3 Å². The van der Waals surface area contributed by atoms with Gasteiger partial charge in [0.25, 0.3) is 0 Å². The average molecular weight is 887 g/mol. The molecule has 261 valence electrons. The molecule has 0 spiro atoms. The first-order chi connectivity index (χ1) is 24.8. The Bertz CT molecular complexity index is 2380. The number of rotatable bonds is 7. The van der Waals surface area contributed by atoms with E-state index in [4.69, 9.17) is 0 Å². The van der Waals surface area contributed by atoms with E-state index in [2.05, 4.69) is 159 Å². The summed E-state index contributed by atoms with van der Waals surface area (Å²) in [5.74, 6) is 0.667. The van der Waals surface area contributed by atoms with E-state index in [9.17, 15) is 0 Å². The van der Waals surface area contributed by atoms with E-state index in [-0.39, 0.29) is 20.1 Å². The molecule has 0 unspecified atom stereocenters. The van der Waals surface area contributed by atoms with Gasteiger partial charge in [-0.25, -0.2) is 0 Å². The molecule has 0 aliphatic rings. The number of hydrogen-bond acceptors (Lipinski definition) is 3. The first-order valence-electron chi connectivity index (χ1n) is 17.7. The van der Waals surface area contributed by atoms with Crippen molar-refractivity contribution in [3.63, 3.8) is 0 Å². The standard InChI is InChI=1S/C29H18NS.C18H24NSi.Ir/c1-3-10-20(11-4-1)22-18-25(21-12-5-2-6-13-21)29-26(19-22)23-14-9-15-24(28(23)31-29)27-16-7-8-17-30-27;1-14(2)11-16-12-17(15-9-7-6-8-10-15)19-13-18(16)20(3,4)5;/h1-14,16-19H;6-9,12-14H,11H2,1-5H3;/q2*-1;. The molecule has 0 amide bonds. The Balaban J connectivity index is 0.000000193. The molecule has 3 aromatic heterocycles. The van der Waals surface area contributed by atoms with Crippen molar-refractivity contribution in [2.24, 2.45) is 5.92 Å². The van der Waals surface area contributed by atoms with E-state index >= 15 is 0 Å². The van der Waals surface area contributed by atoms with Crippen molar-refractivity contribution in [3.8, 4) is 44.8 Å². The van der Waals surface area contributed by atoms with Gasteiger partial charge in [-0.05, 0) is 79.5 Å². The Labute approximate surface area is 327 Å². The molecule has 5 heteroatoms. The van der Waals surface area contributed by atoms with Crippen LogP contribution in [0.2, 0.25) is 19.6 Å². The van der Waals surface area contributed by atoms with Crippen LogP contribution in [-0.2, 0) is 26.5 Å². The van der Waals surface area contributed by atoms with Crippen LogP contribution in [0.4, 0.5) is 0 Å². The van der Waals surface area contributed by atoms with E-state index in [0.29, 0.717) is 5.92 Å². The van der Waals surface area contributed by atoms with Crippen molar-refractivity contribution < 1.29 is 20.1 Å². The quantitative estimate of drug-likeness (QED) is 0.118. The topological polar surface area (TPSA) is 25.8 Å². The van der Waals surface area contributed by atoms with Crippen LogP contribution in [0.25, 0.3) is 64.9 Å². The number of aromatic nitrogens is 2. The fraction of sp³-hybridized carbons (Fsp3) is 0.149. The van der Waals surface area contributed by atoms with Crippen molar-refractivity contribution >= 4 is 44.8 Å². The third-order valence-electron chi connectivity index (χ3n) is 9.06. The summed E-state index contributed by atoms with van der Waals surface area (Å²) in [6.45, 7) is 11.7. The maximum absolute atomic E-state index is 4.69. The Morgan fingerprint density at radius 2 is 1.35 bits per heavy atom. The smallest absolute Gasteiger partial charge is 0.0798 e. The number of pyridine rings is 2. The summed E-state index contributed by atoms with van der Waals surface area (Å²) in [5.41, 5.74) is 10.6. The minimum Gasteiger partial charge on any atom is -0.305 e. The van der Waals surface area contributed by atoms with E-state index in [1.165, 1.54) is 53.2 Å². The second kappa shape index (κ2) is 16.4. The van der Waals surface area contributed by atoms with Gasteiger partial charge >= 0.3 is 0 Å². The van der Waals surface area contributed by atoms with Crippen molar-refractivity contribution in [2.45, 2.75) is 39.9 Å². The number of benzene rings is 5. The predicted octanol–water partition coefficient (Wildman–Crippen LogP) is 12.5. The third-order valence-corrected chi connectivity index (χ3v) is 12.4. The minimum atomic E-state index is -1.34. The molecule has 0 saturated carbocycles. The summed E-state index contributed by atoms with van der Waals surface area (Å²) < 4.78 is 2.54. The first-order valence-corrected chi connectivity index (χ1v) is 22.0. The van der Waals surface area contributed by atoms with Crippen molar-refractivity contribution in [3.05, 3.63) is 164 Å². The van der Waals surface area contributed by atoms with Crippen molar-refractivity contribution in [1.29, 1.82) is 0 Å². The van der Waals surface area contributed by atoms with Crippen molar-refractivity contribution in [1.82, 2.24) is 9.97 Å². The molecule has 1 radical (unpaired) electrons. The van der Waals surface area contributed by atoms with Crippen LogP contribution in [-0.4, -0.2) is 18.0 Å². The van der Waals surface area contributed by atoms with Gasteiger partial charge in [-0.3, -0.25) is 0 Å². The van der Waals surface area contributed by atoms with Crippen LogP contribution in [0, 0.1) is 18.1 Å². The molecule has 2 nitrogen and oxygen atoms in total. The van der Waals surface area contributed by atoms with Gasteiger partial charge in [-0.15, -0.1) is 59.7 Å². The van der Waals surface area contributed by atoms with Crippen molar-refractivity contribution in [2.75, 3.05) is 0 Å². The Hall–Kier alpha value is -4.51. The minimum absolute atomic E-state index is 0. The monoisotopic (exact) mass is 887 g/mol. The van der Waals surface area contributed by atoms with Gasteiger partial charge in [0.05, 0.1) is 8.07 Å². The molecule has 0 saturated heterocycles. The van der Waals surface area contributed by atoms with E-state index in [1.807, 2.05) is 53.9 Å². The van der Waals surface area contributed by atoms with Crippen LogP contribution in [0.1, 0.15) is 19.4 Å². The Morgan fingerprint density at radius 3 is 2.00 bits per heavy atom. The molecule has 52 heavy (non-hydrogen) atoms. The molecule has 0 fully saturated rings. The van der Waals surface area contributed by atoms with Crippen LogP contribution >= 0.6 is 11.3 Å². The molecule has 3 heterocycles. The van der Waals surface area contributed by atoms with Gasteiger partial charge in [0.2, 0.25) is 0 Å². The average Bonchev–Trinajstić information content (AvgIpc) is 3.54. The molecular formula is C47H42IrN2SSi-2. The summed E-state index contributed by atoms with van der Waals surface area (Å²) in [7, 11) is -1.34. The van der Waals surface area contributed by atoms with Gasteiger partial charge in [-0.1, -0.05) is 123 Å². The summed E-state index contributed by atoms with van der Waals surface area (Å²) in [6.07, 6.45) is 5.08. The third kappa shape index (κ3) is 8.25. The number of fused-ring (bicyclic) bond motifs is 3. The van der Waals surface area contributed by atoms with E-state index in [0.717, 1.165) is 28.9 Å². The summed E-state index contributed by atoms with van der Waals surface area (Å²) in [4.78, 5) is 9.28. The van der Waals surface area contributed by atoms with Crippen LogP contribution in [0.5, 0.6) is 0 Å². The number of nitrogens with zero attached hydrogens (tertiary/aromatic N) is 2. The van der Waals surface area contributed by atoms with Crippen LogP contribution in [0.3, 0.4) is 0 Å². The SMILES string of the molecule is CC(C)Cc1cc(-c2[c-]cccc2)ncc1[Si](C)(C)C.[Ir].[c-]1ccc2c(sc3c(-c4ccccc4)cc(-c4ccccc4)cc32)c1-c1ccccn1. The molecule has 0 bridgehead atoms. The largest absolute Gasteiger partial charge is 0.305 e. The molecule has 5 aromatic carbocycles. The van der Waals surface area contributed by atoms with Gasteiger partial charge < -0.3 is 9.97 Å². The zero-order valence-electron chi connectivity index (χ0n) is 30.3. The fourth-order valence-electron chi connectivity index (χ4n) is 6.65. The summed E-state index contributed by atoms with van der Waals surface area (Å²) in [5, 5.41) is 4.03. The molecular weight excluding hydrogens is 845 g/mol. The number of hydrogen-bond donors (Lipinski definition) is 0. The van der Waals surface area contributed by atoms with E-state index in [1.54, 1.807) is 0 Å².